The maximum atomic E-state index is 11.9. The summed E-state index contributed by atoms with van der Waals surface area (Å²) in [5.41, 5.74) is -1.31. The molecule has 1 aliphatic rings. The van der Waals surface area contributed by atoms with Crippen molar-refractivity contribution in [2.75, 3.05) is 13.1 Å². The molecule has 0 radical (unpaired) electrons. The summed E-state index contributed by atoms with van der Waals surface area (Å²) >= 11 is 0. The Morgan fingerprint density at radius 1 is 0.880 bits per heavy atom. The van der Waals surface area contributed by atoms with Crippen molar-refractivity contribution in [1.82, 2.24) is 15.5 Å². The molecule has 3 N–H and O–H groups in total. The summed E-state index contributed by atoms with van der Waals surface area (Å²) in [6.07, 6.45) is -1.99. The molecular weight excluding hydrogens is 330 g/mol. The molecule has 0 spiro atoms. The summed E-state index contributed by atoms with van der Waals surface area (Å²) in [6, 6.07) is -0.945. The second-order valence-corrected chi connectivity index (χ2v) is 8.11. The van der Waals surface area contributed by atoms with E-state index in [0.717, 1.165) is 4.90 Å². The third-order valence-corrected chi connectivity index (χ3v) is 3.16. The topological polar surface area (TPSA) is 117 Å². The van der Waals surface area contributed by atoms with Crippen molar-refractivity contribution in [1.29, 1.82) is 0 Å². The van der Waals surface area contributed by atoms with Gasteiger partial charge in [-0.1, -0.05) is 0 Å². The summed E-state index contributed by atoms with van der Waals surface area (Å²) in [5, 5.41) is 14.6. The second kappa shape index (κ2) is 7.79. The maximum Gasteiger partial charge on any atom is 0.407 e. The Morgan fingerprint density at radius 3 is 1.52 bits per heavy atom. The molecule has 9 nitrogen and oxygen atoms in total. The molecule has 0 aromatic heterocycles. The number of nitrogens with one attached hydrogen (secondary N) is 2. The van der Waals surface area contributed by atoms with Crippen LogP contribution in [0, 0.1) is 0 Å². The van der Waals surface area contributed by atoms with Gasteiger partial charge in [0.05, 0.1) is 12.1 Å². The molecule has 0 aromatic carbocycles. The van der Waals surface area contributed by atoms with Crippen LogP contribution in [0.25, 0.3) is 0 Å². The number of carbonyl (C=O) groups excluding carboxylic acids is 2. The molecule has 2 atom stereocenters. The van der Waals surface area contributed by atoms with Gasteiger partial charge in [-0.25, -0.2) is 14.4 Å². The molecule has 1 saturated heterocycles. The Bertz CT molecular complexity index is 471. The number of nitrogens with zero attached hydrogens (tertiary/aromatic N) is 1. The number of piperidine rings is 1. The van der Waals surface area contributed by atoms with Gasteiger partial charge < -0.3 is 30.1 Å². The van der Waals surface area contributed by atoms with Crippen LogP contribution in [0.15, 0.2) is 0 Å². The van der Waals surface area contributed by atoms with Crippen LogP contribution in [-0.4, -0.2) is 64.7 Å². The van der Waals surface area contributed by atoms with Gasteiger partial charge >= 0.3 is 18.3 Å². The van der Waals surface area contributed by atoms with E-state index >= 15 is 0 Å². The number of rotatable bonds is 2. The third kappa shape index (κ3) is 8.46. The fourth-order valence-corrected chi connectivity index (χ4v) is 2.41. The Morgan fingerprint density at radius 2 is 1.24 bits per heavy atom. The monoisotopic (exact) mass is 359 g/mol. The Labute approximate surface area is 148 Å². The van der Waals surface area contributed by atoms with Gasteiger partial charge in [-0.3, -0.25) is 0 Å². The number of hydrogen-bond donors (Lipinski definition) is 3. The average Bonchev–Trinajstić information content (AvgIpc) is 2.32. The van der Waals surface area contributed by atoms with E-state index < -0.39 is 41.6 Å². The lowest BCUT2D eigenvalue weighted by Crippen LogP contribution is -2.58. The molecule has 25 heavy (non-hydrogen) atoms. The fourth-order valence-electron chi connectivity index (χ4n) is 2.41. The van der Waals surface area contributed by atoms with Gasteiger partial charge in [0, 0.05) is 13.1 Å². The molecule has 1 rings (SSSR count). The van der Waals surface area contributed by atoms with E-state index in [1.54, 1.807) is 41.5 Å². The van der Waals surface area contributed by atoms with Crippen LogP contribution in [0.4, 0.5) is 14.4 Å². The van der Waals surface area contributed by atoms with Crippen LogP contribution in [0.3, 0.4) is 0 Å². The smallest absolute Gasteiger partial charge is 0.407 e. The van der Waals surface area contributed by atoms with E-state index in [2.05, 4.69) is 10.6 Å². The fraction of sp³-hybridized carbons (Fsp3) is 0.812. The molecule has 1 heterocycles. The minimum Gasteiger partial charge on any atom is -0.465 e. The quantitative estimate of drug-likeness (QED) is 0.695. The van der Waals surface area contributed by atoms with Gasteiger partial charge in [-0.15, -0.1) is 0 Å². The van der Waals surface area contributed by atoms with Crippen LogP contribution < -0.4 is 10.6 Å². The number of ether oxygens (including phenoxy) is 2. The van der Waals surface area contributed by atoms with E-state index in [1.165, 1.54) is 0 Å². The Kier molecular flexibility index (Phi) is 6.50. The lowest BCUT2D eigenvalue weighted by Gasteiger charge is -2.37. The van der Waals surface area contributed by atoms with E-state index in [9.17, 15) is 19.5 Å². The van der Waals surface area contributed by atoms with Crippen molar-refractivity contribution < 1.29 is 29.0 Å². The van der Waals surface area contributed by atoms with Crippen molar-refractivity contribution in [3.63, 3.8) is 0 Å². The Balaban J connectivity index is 2.69. The molecule has 1 aliphatic heterocycles. The SMILES string of the molecule is CC(C)(C)OC(=O)NC1CC(NC(=O)OC(C)(C)C)CN(C(=O)O)C1. The van der Waals surface area contributed by atoms with Gasteiger partial charge in [0.2, 0.25) is 0 Å². The molecule has 2 unspecified atom stereocenters. The first-order valence-electron chi connectivity index (χ1n) is 8.22. The van der Waals surface area contributed by atoms with Crippen molar-refractivity contribution in [2.45, 2.75) is 71.2 Å². The van der Waals surface area contributed by atoms with Crippen molar-refractivity contribution in [2.24, 2.45) is 0 Å². The van der Waals surface area contributed by atoms with Crippen LogP contribution in [-0.2, 0) is 9.47 Å². The van der Waals surface area contributed by atoms with Crippen molar-refractivity contribution >= 4 is 18.3 Å². The zero-order chi connectivity index (χ0) is 19.4. The zero-order valence-electron chi connectivity index (χ0n) is 15.7. The van der Waals surface area contributed by atoms with Crippen molar-refractivity contribution in [3.8, 4) is 0 Å². The van der Waals surface area contributed by atoms with Crippen LogP contribution in [0.1, 0.15) is 48.0 Å². The van der Waals surface area contributed by atoms with Gasteiger partial charge in [-0.05, 0) is 48.0 Å². The number of carbonyl (C=O) groups is 3. The lowest BCUT2D eigenvalue weighted by molar-refractivity contribution is 0.0409. The summed E-state index contributed by atoms with van der Waals surface area (Å²) in [6.45, 7) is 10.7. The lowest BCUT2D eigenvalue weighted by atomic mass is 10.0. The summed E-state index contributed by atoms with van der Waals surface area (Å²) in [4.78, 5) is 36.3. The first kappa shape index (κ1) is 20.9. The average molecular weight is 359 g/mol. The molecule has 0 bridgehead atoms. The predicted octanol–water partition coefficient (Wildman–Crippen LogP) is 2.16. The number of hydrogen-bond acceptors (Lipinski definition) is 5. The highest BCUT2D eigenvalue weighted by atomic mass is 16.6. The molecule has 0 aromatic rings. The Hall–Kier alpha value is -2.19. The van der Waals surface area contributed by atoms with Gasteiger partial charge in [0.1, 0.15) is 11.2 Å². The van der Waals surface area contributed by atoms with Crippen LogP contribution >= 0.6 is 0 Å². The number of alkyl carbamates (subject to hydrolysis) is 2. The highest BCUT2D eigenvalue weighted by Crippen LogP contribution is 2.14. The second-order valence-electron chi connectivity index (χ2n) is 8.11. The largest absolute Gasteiger partial charge is 0.465 e. The molecule has 0 saturated carbocycles. The molecule has 144 valence electrons. The van der Waals surface area contributed by atoms with E-state index in [0.29, 0.717) is 6.42 Å². The predicted molar refractivity (Wildman–Crippen MR) is 90.5 cm³/mol. The minimum absolute atomic E-state index is 0.126. The van der Waals surface area contributed by atoms with Gasteiger partial charge in [-0.2, -0.15) is 0 Å². The van der Waals surface area contributed by atoms with Gasteiger partial charge in [0.25, 0.3) is 0 Å². The molecule has 3 amide bonds. The zero-order valence-corrected chi connectivity index (χ0v) is 15.7. The first-order valence-corrected chi connectivity index (χ1v) is 8.22. The standard InChI is InChI=1S/C16H29N3O6/c1-15(2,3)24-12(20)17-10-7-11(9-19(8-10)14(22)23)18-13(21)25-16(4,5)6/h10-11H,7-9H2,1-6H3,(H,17,20)(H,18,21)(H,22,23). The van der Waals surface area contributed by atoms with E-state index in [-0.39, 0.29) is 13.1 Å². The molecular formula is C16H29N3O6. The summed E-state index contributed by atoms with van der Waals surface area (Å²) in [5.74, 6) is 0. The summed E-state index contributed by atoms with van der Waals surface area (Å²) < 4.78 is 10.4. The molecule has 0 aliphatic carbocycles. The number of carboxylic acid groups (broad SMARTS) is 1. The first-order chi connectivity index (χ1) is 11.2. The van der Waals surface area contributed by atoms with Crippen molar-refractivity contribution in [3.05, 3.63) is 0 Å². The molecule has 9 heteroatoms. The highest BCUT2D eigenvalue weighted by molar-refractivity contribution is 5.70. The summed E-state index contributed by atoms with van der Waals surface area (Å²) in [7, 11) is 0. The van der Waals surface area contributed by atoms with Crippen LogP contribution in [0.5, 0.6) is 0 Å². The van der Waals surface area contributed by atoms with E-state index in [4.69, 9.17) is 9.47 Å². The number of likely N-dealkylation sites (tertiary alicyclic amines) is 1. The minimum atomic E-state index is -1.12. The third-order valence-electron chi connectivity index (χ3n) is 3.16. The van der Waals surface area contributed by atoms with E-state index in [1.807, 2.05) is 0 Å². The maximum absolute atomic E-state index is 11.9. The molecule has 1 fully saturated rings. The van der Waals surface area contributed by atoms with Gasteiger partial charge in [0.15, 0.2) is 0 Å². The highest BCUT2D eigenvalue weighted by Gasteiger charge is 2.33. The van der Waals surface area contributed by atoms with Crippen LogP contribution in [0.2, 0.25) is 0 Å². The number of amides is 3. The normalized spacial score (nSPS) is 21.3.